The lowest BCUT2D eigenvalue weighted by molar-refractivity contribution is -0.155. The number of carbonyl (C=O) groups is 4. The fourth-order valence-electron chi connectivity index (χ4n) is 5.16. The largest absolute Gasteiger partial charge is 0.467 e. The third-order valence-electron chi connectivity index (χ3n) is 7.07. The third kappa shape index (κ3) is 8.82. The van der Waals surface area contributed by atoms with E-state index >= 15 is 0 Å². The van der Waals surface area contributed by atoms with Crippen molar-refractivity contribution in [2.24, 2.45) is 0 Å². The molecule has 0 saturated carbocycles. The van der Waals surface area contributed by atoms with Crippen LogP contribution in [0.15, 0.2) is 78.9 Å². The van der Waals surface area contributed by atoms with Gasteiger partial charge in [-0.2, -0.15) is 0 Å². The van der Waals surface area contributed by atoms with E-state index in [-0.39, 0.29) is 31.8 Å². The van der Waals surface area contributed by atoms with E-state index in [1.165, 1.54) is 7.11 Å². The molecule has 44 heavy (non-hydrogen) atoms. The molecule has 0 aromatic heterocycles. The van der Waals surface area contributed by atoms with Gasteiger partial charge in [-0.15, -0.1) is 0 Å². The van der Waals surface area contributed by atoms with Gasteiger partial charge in [-0.05, 0) is 55.0 Å². The second-order valence-electron chi connectivity index (χ2n) is 11.5. The number of nitrogens with one attached hydrogen (secondary N) is 3. The smallest absolute Gasteiger partial charge is 0.408 e. The Morgan fingerprint density at radius 1 is 0.795 bits per heavy atom. The zero-order valence-electron chi connectivity index (χ0n) is 25.4. The lowest BCUT2D eigenvalue weighted by Crippen LogP contribution is -2.55. The van der Waals surface area contributed by atoms with Gasteiger partial charge in [-0.1, -0.05) is 78.9 Å². The van der Waals surface area contributed by atoms with E-state index in [9.17, 15) is 19.2 Å². The Morgan fingerprint density at radius 2 is 1.39 bits per heavy atom. The molecule has 0 radical (unpaired) electrons. The topological polar surface area (TPSA) is 132 Å². The van der Waals surface area contributed by atoms with Crippen molar-refractivity contribution in [3.63, 3.8) is 0 Å². The van der Waals surface area contributed by atoms with Crippen molar-refractivity contribution in [2.45, 2.75) is 63.8 Å². The lowest BCUT2D eigenvalue weighted by atomic mass is 9.98. The van der Waals surface area contributed by atoms with Crippen LogP contribution in [-0.2, 0) is 30.2 Å². The molecule has 10 nitrogen and oxygen atoms in total. The van der Waals surface area contributed by atoms with E-state index < -0.39 is 41.9 Å². The van der Waals surface area contributed by atoms with E-state index in [1.807, 2.05) is 78.9 Å². The van der Waals surface area contributed by atoms with Gasteiger partial charge < -0.3 is 30.2 Å². The minimum Gasteiger partial charge on any atom is -0.467 e. The summed E-state index contributed by atoms with van der Waals surface area (Å²) in [7, 11) is 1.24. The highest BCUT2D eigenvalue weighted by atomic mass is 16.6. The van der Waals surface area contributed by atoms with E-state index in [2.05, 4.69) is 16.0 Å². The van der Waals surface area contributed by atoms with Crippen molar-refractivity contribution in [2.75, 3.05) is 13.7 Å². The summed E-state index contributed by atoms with van der Waals surface area (Å²) in [6.45, 7) is 5.33. The summed E-state index contributed by atoms with van der Waals surface area (Å²) in [6, 6.07) is 23.4. The maximum Gasteiger partial charge on any atom is 0.408 e. The SMILES string of the molecule is COC(=O)[C@H](Cc1ccccc1)NC(=O)N[C@H](CCC(=O)OC(C)(C)C)NC(=O)OCC1c2ccccc2-c2ccccc21. The average Bonchev–Trinajstić information content (AvgIpc) is 3.31. The molecule has 0 unspecified atom stereocenters. The molecule has 0 aliphatic heterocycles. The first-order chi connectivity index (χ1) is 21.0. The van der Waals surface area contributed by atoms with Crippen LogP contribution in [-0.4, -0.2) is 55.6 Å². The summed E-state index contributed by atoms with van der Waals surface area (Å²) in [5.41, 5.74) is 4.45. The second kappa shape index (κ2) is 14.5. The molecule has 0 spiro atoms. The van der Waals surface area contributed by atoms with E-state index in [1.54, 1.807) is 20.8 Å². The molecule has 3 aromatic rings. The highest BCUT2D eigenvalue weighted by Gasteiger charge is 2.30. The van der Waals surface area contributed by atoms with Gasteiger partial charge in [0, 0.05) is 18.8 Å². The van der Waals surface area contributed by atoms with Gasteiger partial charge in [-0.3, -0.25) is 4.79 Å². The van der Waals surface area contributed by atoms with Crippen molar-refractivity contribution >= 4 is 24.1 Å². The number of methoxy groups -OCH3 is 1. The monoisotopic (exact) mass is 601 g/mol. The number of hydrogen-bond acceptors (Lipinski definition) is 7. The summed E-state index contributed by atoms with van der Waals surface area (Å²) >= 11 is 0. The molecule has 0 saturated heterocycles. The Kier molecular flexibility index (Phi) is 10.6. The van der Waals surface area contributed by atoms with Gasteiger partial charge in [-0.25, -0.2) is 14.4 Å². The zero-order valence-corrected chi connectivity index (χ0v) is 25.4. The number of esters is 2. The predicted octanol–water partition coefficient (Wildman–Crippen LogP) is 5.06. The van der Waals surface area contributed by atoms with Gasteiger partial charge in [0.05, 0.1) is 7.11 Å². The summed E-state index contributed by atoms with van der Waals surface area (Å²) in [5, 5.41) is 7.90. The molecule has 0 heterocycles. The van der Waals surface area contributed by atoms with Crippen molar-refractivity contribution < 1.29 is 33.4 Å². The summed E-state index contributed by atoms with van der Waals surface area (Å²) < 4.78 is 15.9. The number of rotatable bonds is 11. The standard InChI is InChI=1S/C34H39N3O7/c1-34(2,3)44-30(38)19-18-29(36-32(40)35-28(31(39)42-4)20-22-12-6-5-7-13-22)37-33(41)43-21-27-25-16-10-8-14-23(25)24-15-9-11-17-26(24)27/h5-17,27-29H,18-21H2,1-4H3,(H,37,41)(H2,35,36,40)/t28-,29-/m0/s1. The molecular formula is C34H39N3O7. The van der Waals surface area contributed by atoms with Gasteiger partial charge in [0.1, 0.15) is 24.4 Å². The van der Waals surface area contributed by atoms with Crippen molar-refractivity contribution in [3.8, 4) is 11.1 Å². The summed E-state index contributed by atoms with van der Waals surface area (Å²) in [6.07, 6.45) is -1.64. The first kappa shape index (κ1) is 32.1. The summed E-state index contributed by atoms with van der Waals surface area (Å²) in [4.78, 5) is 50.9. The van der Waals surface area contributed by atoms with Crippen LogP contribution in [0.1, 0.15) is 56.2 Å². The van der Waals surface area contributed by atoms with Crippen LogP contribution in [0.2, 0.25) is 0 Å². The van der Waals surface area contributed by atoms with E-state index in [0.29, 0.717) is 0 Å². The Hall–Kier alpha value is -4.86. The van der Waals surface area contributed by atoms with Crippen LogP contribution in [0.5, 0.6) is 0 Å². The molecule has 2 atom stereocenters. The highest BCUT2D eigenvalue weighted by molar-refractivity contribution is 5.84. The summed E-state index contributed by atoms with van der Waals surface area (Å²) in [5.74, 6) is -1.27. The minimum absolute atomic E-state index is 0.0219. The molecule has 1 aliphatic carbocycles. The van der Waals surface area contributed by atoms with E-state index in [4.69, 9.17) is 14.2 Å². The van der Waals surface area contributed by atoms with Gasteiger partial charge in [0.15, 0.2) is 0 Å². The van der Waals surface area contributed by atoms with Crippen LogP contribution in [0.25, 0.3) is 11.1 Å². The number of urea groups is 1. The number of benzene rings is 3. The Morgan fingerprint density at radius 3 is 1.98 bits per heavy atom. The molecule has 3 aromatic carbocycles. The average molecular weight is 602 g/mol. The Bertz CT molecular complexity index is 1420. The number of ether oxygens (including phenoxy) is 3. The fourth-order valence-corrected chi connectivity index (χ4v) is 5.16. The zero-order chi connectivity index (χ0) is 31.7. The number of hydrogen-bond donors (Lipinski definition) is 3. The molecule has 232 valence electrons. The fraction of sp³-hybridized carbons (Fsp3) is 0.353. The Balaban J connectivity index is 1.41. The number of alkyl carbamates (subject to hydrolysis) is 1. The van der Waals surface area contributed by atoms with Crippen LogP contribution in [0.4, 0.5) is 9.59 Å². The molecule has 4 rings (SSSR count). The second-order valence-corrected chi connectivity index (χ2v) is 11.5. The molecule has 3 amide bonds. The van der Waals surface area contributed by atoms with E-state index in [0.717, 1.165) is 27.8 Å². The first-order valence-corrected chi connectivity index (χ1v) is 14.6. The van der Waals surface area contributed by atoms with Gasteiger partial charge in [0.25, 0.3) is 0 Å². The molecular weight excluding hydrogens is 562 g/mol. The van der Waals surface area contributed by atoms with Crippen molar-refractivity contribution in [1.29, 1.82) is 0 Å². The molecule has 1 aliphatic rings. The van der Waals surface area contributed by atoms with Crippen molar-refractivity contribution in [3.05, 3.63) is 95.6 Å². The van der Waals surface area contributed by atoms with Gasteiger partial charge >= 0.3 is 24.1 Å². The third-order valence-corrected chi connectivity index (χ3v) is 7.07. The quantitative estimate of drug-likeness (QED) is 0.159. The predicted molar refractivity (Wildman–Crippen MR) is 165 cm³/mol. The Labute approximate surface area is 257 Å². The number of amides is 3. The maximum absolute atomic E-state index is 13.0. The van der Waals surface area contributed by atoms with Crippen LogP contribution in [0.3, 0.4) is 0 Å². The molecule has 0 bridgehead atoms. The van der Waals surface area contributed by atoms with Crippen LogP contribution < -0.4 is 16.0 Å². The van der Waals surface area contributed by atoms with Crippen LogP contribution in [0, 0.1) is 0 Å². The molecule has 0 fully saturated rings. The molecule has 10 heteroatoms. The van der Waals surface area contributed by atoms with Gasteiger partial charge in [0.2, 0.25) is 0 Å². The number of fused-ring (bicyclic) bond motifs is 3. The first-order valence-electron chi connectivity index (χ1n) is 14.6. The maximum atomic E-state index is 13.0. The minimum atomic E-state index is -1.01. The number of carbonyl (C=O) groups excluding carboxylic acids is 4. The lowest BCUT2D eigenvalue weighted by Gasteiger charge is -2.24. The highest BCUT2D eigenvalue weighted by Crippen LogP contribution is 2.44. The molecule has 3 N–H and O–H groups in total. The normalized spacial score (nSPS) is 13.5. The van der Waals surface area contributed by atoms with Crippen molar-refractivity contribution in [1.82, 2.24) is 16.0 Å². The van der Waals surface area contributed by atoms with Crippen LogP contribution >= 0.6 is 0 Å².